The molecule has 5 rings (SSSR count). The standard InChI is InChI=1S/C26H38N6O2/c1-16-7-8-20-22(13-16)29-24(28-20)10-12-31-11-9-18-14-19-5-4-6-21(30-25(33)17(2)27-3)26(34)32(19)23(18)15-31/h7-8,13,17-19,21,23,27H,4-6,9-12,14-15H2,1-3H3,(H,28,29)(H,30,33)/t17-,18+,19-,21-,23+/m0/s1. The van der Waals surface area contributed by atoms with Gasteiger partial charge in [0.05, 0.1) is 17.1 Å². The average molecular weight is 467 g/mol. The number of nitrogens with one attached hydrogen (secondary N) is 3. The number of nitrogens with zero attached hydrogens (tertiary/aromatic N) is 3. The second kappa shape index (κ2) is 9.66. The lowest BCUT2D eigenvalue weighted by Gasteiger charge is -2.40. The van der Waals surface area contributed by atoms with Crippen molar-refractivity contribution in [2.45, 2.75) is 76.5 Å². The number of hydrogen-bond donors (Lipinski definition) is 3. The number of carbonyl (C=O) groups is 2. The molecule has 5 atom stereocenters. The van der Waals surface area contributed by atoms with Crippen LogP contribution in [0.15, 0.2) is 18.2 Å². The molecule has 3 N–H and O–H groups in total. The lowest BCUT2D eigenvalue weighted by molar-refractivity contribution is -0.139. The summed E-state index contributed by atoms with van der Waals surface area (Å²) >= 11 is 0. The summed E-state index contributed by atoms with van der Waals surface area (Å²) in [5, 5.41) is 5.99. The molecule has 8 nitrogen and oxygen atoms in total. The first kappa shape index (κ1) is 23.3. The minimum atomic E-state index is -0.401. The zero-order valence-electron chi connectivity index (χ0n) is 20.6. The van der Waals surface area contributed by atoms with Crippen molar-refractivity contribution in [1.29, 1.82) is 0 Å². The number of imidazole rings is 1. The molecule has 0 saturated carbocycles. The molecule has 3 aliphatic rings. The van der Waals surface area contributed by atoms with E-state index in [2.05, 4.69) is 50.5 Å². The van der Waals surface area contributed by atoms with Crippen LogP contribution in [0.1, 0.15) is 50.4 Å². The van der Waals surface area contributed by atoms with E-state index in [-0.39, 0.29) is 23.9 Å². The second-order valence-corrected chi connectivity index (χ2v) is 10.5. The van der Waals surface area contributed by atoms with Crippen LogP contribution in [0.5, 0.6) is 0 Å². The van der Waals surface area contributed by atoms with Crippen LogP contribution in [-0.2, 0) is 16.0 Å². The maximum Gasteiger partial charge on any atom is 0.245 e. The van der Waals surface area contributed by atoms with Crippen LogP contribution in [0.4, 0.5) is 0 Å². The molecule has 0 bridgehead atoms. The fourth-order valence-electron chi connectivity index (χ4n) is 6.15. The molecule has 3 fully saturated rings. The summed E-state index contributed by atoms with van der Waals surface area (Å²) in [7, 11) is 1.77. The van der Waals surface area contributed by atoms with Gasteiger partial charge in [0.15, 0.2) is 0 Å². The van der Waals surface area contributed by atoms with E-state index in [9.17, 15) is 9.59 Å². The normalized spacial score (nSPS) is 28.4. The highest BCUT2D eigenvalue weighted by Crippen LogP contribution is 2.39. The Bertz CT molecular complexity index is 1050. The Morgan fingerprint density at radius 1 is 1.29 bits per heavy atom. The number of rotatable bonds is 6. The number of likely N-dealkylation sites (tertiary alicyclic amines) is 1. The van der Waals surface area contributed by atoms with Crippen LogP contribution >= 0.6 is 0 Å². The van der Waals surface area contributed by atoms with Gasteiger partial charge in [0.1, 0.15) is 11.9 Å². The molecule has 1 aromatic heterocycles. The van der Waals surface area contributed by atoms with Gasteiger partial charge in [-0.1, -0.05) is 6.07 Å². The summed E-state index contributed by atoms with van der Waals surface area (Å²) in [5.41, 5.74) is 3.36. The Morgan fingerprint density at radius 2 is 2.15 bits per heavy atom. The maximum absolute atomic E-state index is 13.6. The molecule has 184 valence electrons. The fourth-order valence-corrected chi connectivity index (χ4v) is 6.15. The van der Waals surface area contributed by atoms with Crippen molar-refractivity contribution in [2.75, 3.05) is 26.7 Å². The minimum absolute atomic E-state index is 0.0960. The van der Waals surface area contributed by atoms with Gasteiger partial charge in [-0.2, -0.15) is 0 Å². The topological polar surface area (TPSA) is 93.4 Å². The summed E-state index contributed by atoms with van der Waals surface area (Å²) in [4.78, 5) is 39.0. The highest BCUT2D eigenvalue weighted by atomic mass is 16.2. The van der Waals surface area contributed by atoms with Crippen molar-refractivity contribution in [1.82, 2.24) is 30.4 Å². The number of aromatic amines is 1. The number of benzene rings is 1. The van der Waals surface area contributed by atoms with E-state index in [1.807, 2.05) is 6.92 Å². The molecule has 34 heavy (non-hydrogen) atoms. The van der Waals surface area contributed by atoms with Crippen molar-refractivity contribution >= 4 is 22.8 Å². The Kier molecular flexibility index (Phi) is 6.62. The maximum atomic E-state index is 13.6. The SMILES string of the molecule is CN[C@@H](C)C(=O)N[C@H]1CCC[C@H]2C[C@H]3CCN(CCc4nc5ccc(C)cc5[nH]4)C[C@H]3N2C1=O. The van der Waals surface area contributed by atoms with Crippen molar-refractivity contribution < 1.29 is 9.59 Å². The van der Waals surface area contributed by atoms with E-state index < -0.39 is 6.04 Å². The molecule has 8 heteroatoms. The van der Waals surface area contributed by atoms with Crippen molar-refractivity contribution in [3.63, 3.8) is 0 Å². The van der Waals surface area contributed by atoms with E-state index >= 15 is 0 Å². The minimum Gasteiger partial charge on any atom is -0.343 e. The molecular formula is C26H38N6O2. The zero-order chi connectivity index (χ0) is 23.8. The Labute approximate surface area is 201 Å². The molecule has 0 aliphatic carbocycles. The number of hydrogen-bond acceptors (Lipinski definition) is 5. The van der Waals surface area contributed by atoms with E-state index in [1.165, 1.54) is 5.56 Å². The van der Waals surface area contributed by atoms with Crippen molar-refractivity contribution in [2.24, 2.45) is 5.92 Å². The Hall–Kier alpha value is -2.45. The first-order chi connectivity index (χ1) is 16.4. The third kappa shape index (κ3) is 4.58. The number of aryl methyl sites for hydroxylation is 1. The van der Waals surface area contributed by atoms with E-state index in [4.69, 9.17) is 4.98 Å². The molecule has 0 unspecified atom stereocenters. The molecule has 0 spiro atoms. The number of aromatic nitrogens is 2. The second-order valence-electron chi connectivity index (χ2n) is 10.5. The molecule has 0 radical (unpaired) electrons. The van der Waals surface area contributed by atoms with Gasteiger partial charge >= 0.3 is 0 Å². The van der Waals surface area contributed by atoms with Gasteiger partial charge in [0.25, 0.3) is 0 Å². The van der Waals surface area contributed by atoms with Gasteiger partial charge in [0.2, 0.25) is 11.8 Å². The first-order valence-electron chi connectivity index (χ1n) is 12.9. The van der Waals surface area contributed by atoms with E-state index in [0.29, 0.717) is 12.0 Å². The fraction of sp³-hybridized carbons (Fsp3) is 0.654. The third-order valence-corrected chi connectivity index (χ3v) is 8.21. The highest BCUT2D eigenvalue weighted by molar-refractivity contribution is 5.90. The van der Waals surface area contributed by atoms with Gasteiger partial charge in [-0.15, -0.1) is 0 Å². The zero-order valence-corrected chi connectivity index (χ0v) is 20.6. The highest BCUT2D eigenvalue weighted by Gasteiger charge is 2.48. The molecule has 3 aliphatic heterocycles. The van der Waals surface area contributed by atoms with E-state index in [1.54, 1.807) is 7.05 Å². The predicted octanol–water partition coefficient (Wildman–Crippen LogP) is 1.98. The van der Waals surface area contributed by atoms with E-state index in [0.717, 1.165) is 75.0 Å². The lowest BCUT2D eigenvalue weighted by atomic mass is 9.90. The van der Waals surface area contributed by atoms with Crippen LogP contribution in [0.25, 0.3) is 11.0 Å². The Morgan fingerprint density at radius 3 is 2.97 bits per heavy atom. The lowest BCUT2D eigenvalue weighted by Crippen LogP contribution is -2.57. The molecule has 4 heterocycles. The number of likely N-dealkylation sites (N-methyl/N-ethyl adjacent to an activating group) is 1. The van der Waals surface area contributed by atoms with Gasteiger partial charge in [-0.3, -0.25) is 9.59 Å². The number of fused-ring (bicyclic) bond motifs is 4. The van der Waals surface area contributed by atoms with Crippen LogP contribution in [0, 0.1) is 12.8 Å². The molecule has 1 aromatic carbocycles. The molecule has 2 amide bonds. The summed E-state index contributed by atoms with van der Waals surface area (Å²) in [6.07, 6.45) is 5.90. The number of H-pyrrole nitrogens is 1. The summed E-state index contributed by atoms with van der Waals surface area (Å²) < 4.78 is 0. The largest absolute Gasteiger partial charge is 0.343 e. The summed E-state index contributed by atoms with van der Waals surface area (Å²) in [6, 6.07) is 6.20. The third-order valence-electron chi connectivity index (χ3n) is 8.21. The van der Waals surface area contributed by atoms with Crippen molar-refractivity contribution in [3.8, 4) is 0 Å². The Balaban J connectivity index is 1.24. The van der Waals surface area contributed by atoms with Crippen LogP contribution < -0.4 is 10.6 Å². The predicted molar refractivity (Wildman–Crippen MR) is 132 cm³/mol. The van der Waals surface area contributed by atoms with Gasteiger partial charge in [0, 0.05) is 31.6 Å². The van der Waals surface area contributed by atoms with Gasteiger partial charge < -0.3 is 25.4 Å². The molecule has 2 aromatic rings. The quantitative estimate of drug-likeness (QED) is 0.605. The van der Waals surface area contributed by atoms with Gasteiger partial charge in [-0.25, -0.2) is 4.98 Å². The van der Waals surface area contributed by atoms with Crippen molar-refractivity contribution in [3.05, 3.63) is 29.6 Å². The smallest absolute Gasteiger partial charge is 0.245 e. The summed E-state index contributed by atoms with van der Waals surface area (Å²) in [6.45, 7) is 6.86. The summed E-state index contributed by atoms with van der Waals surface area (Å²) in [5.74, 6) is 1.63. The van der Waals surface area contributed by atoms with Crippen LogP contribution in [-0.4, -0.2) is 82.4 Å². The number of amides is 2. The molecular weight excluding hydrogens is 428 g/mol. The monoisotopic (exact) mass is 466 g/mol. The van der Waals surface area contributed by atoms with Crippen LogP contribution in [0.3, 0.4) is 0 Å². The molecule has 3 saturated heterocycles. The van der Waals surface area contributed by atoms with Gasteiger partial charge in [-0.05, 0) is 83.2 Å². The first-order valence-corrected chi connectivity index (χ1v) is 12.9. The average Bonchev–Trinajstić information content (AvgIpc) is 3.36. The van der Waals surface area contributed by atoms with Crippen LogP contribution in [0.2, 0.25) is 0 Å². The number of piperidine rings is 1. The number of carbonyl (C=O) groups excluding carboxylic acids is 2.